The number of nitrogens with zero attached hydrogens (tertiary/aromatic N) is 3. The second-order valence-electron chi connectivity index (χ2n) is 8.40. The van der Waals surface area contributed by atoms with Crippen LogP contribution in [-0.2, 0) is 11.3 Å². The molecular weight excluding hydrogens is 479 g/mol. The first-order valence-electron chi connectivity index (χ1n) is 9.98. The van der Waals surface area contributed by atoms with Gasteiger partial charge in [-0.3, -0.25) is 10.1 Å². The summed E-state index contributed by atoms with van der Waals surface area (Å²) >= 11 is 0. The van der Waals surface area contributed by atoms with Crippen molar-refractivity contribution in [3.8, 4) is 11.4 Å². The van der Waals surface area contributed by atoms with Crippen molar-refractivity contribution in [2.24, 2.45) is 16.3 Å². The number of aliphatic imine (C=N–C) groups is 1. The molecule has 8 heteroatoms. The van der Waals surface area contributed by atoms with Gasteiger partial charge in [0.1, 0.15) is 6.33 Å². The summed E-state index contributed by atoms with van der Waals surface area (Å²) in [5, 5.41) is 13.7. The lowest BCUT2D eigenvalue weighted by Crippen LogP contribution is -2.47. The van der Waals surface area contributed by atoms with Crippen LogP contribution < -0.4 is 10.6 Å². The molecule has 0 radical (unpaired) electrons. The Morgan fingerprint density at radius 2 is 2.14 bits per heavy atom. The van der Waals surface area contributed by atoms with E-state index in [1.54, 1.807) is 7.05 Å². The zero-order valence-electron chi connectivity index (χ0n) is 17.7. The van der Waals surface area contributed by atoms with E-state index in [9.17, 15) is 0 Å². The number of H-pyrrole nitrogens is 1. The molecule has 29 heavy (non-hydrogen) atoms. The summed E-state index contributed by atoms with van der Waals surface area (Å²) in [4.78, 5) is 8.58. The maximum Gasteiger partial charge on any atom is 0.191 e. The van der Waals surface area contributed by atoms with Gasteiger partial charge in [0, 0.05) is 38.2 Å². The van der Waals surface area contributed by atoms with Gasteiger partial charge in [-0.15, -0.1) is 24.0 Å². The van der Waals surface area contributed by atoms with E-state index in [2.05, 4.69) is 63.7 Å². The first kappa shape index (κ1) is 23.6. The Labute approximate surface area is 190 Å². The number of rotatable bonds is 5. The van der Waals surface area contributed by atoms with Crippen LogP contribution in [0, 0.1) is 11.3 Å². The average Bonchev–Trinajstić information content (AvgIpc) is 3.23. The van der Waals surface area contributed by atoms with E-state index < -0.39 is 0 Å². The molecule has 1 fully saturated rings. The third-order valence-corrected chi connectivity index (χ3v) is 5.13. The maximum absolute atomic E-state index is 6.08. The molecule has 1 aliphatic heterocycles. The fraction of sp³-hybridized carbons (Fsp3) is 0.571. The molecule has 1 saturated heterocycles. The van der Waals surface area contributed by atoms with Crippen LogP contribution in [0.1, 0.15) is 39.2 Å². The highest BCUT2D eigenvalue weighted by atomic mass is 127. The van der Waals surface area contributed by atoms with E-state index in [1.807, 2.05) is 12.1 Å². The highest BCUT2D eigenvalue weighted by molar-refractivity contribution is 14.0. The topological polar surface area (TPSA) is 87.2 Å². The molecule has 1 aromatic heterocycles. The largest absolute Gasteiger partial charge is 0.377 e. The molecule has 0 aliphatic carbocycles. The number of ether oxygens (including phenoxy) is 1. The van der Waals surface area contributed by atoms with E-state index in [1.165, 1.54) is 12.7 Å². The van der Waals surface area contributed by atoms with Gasteiger partial charge in [0.05, 0.1) is 6.10 Å². The lowest BCUT2D eigenvalue weighted by molar-refractivity contribution is -0.0835. The van der Waals surface area contributed by atoms with Crippen LogP contribution in [0.5, 0.6) is 0 Å². The molecule has 0 saturated carbocycles. The summed E-state index contributed by atoms with van der Waals surface area (Å²) in [6, 6.07) is 8.24. The highest BCUT2D eigenvalue weighted by Crippen LogP contribution is 2.33. The van der Waals surface area contributed by atoms with Crippen molar-refractivity contribution >= 4 is 29.9 Å². The first-order chi connectivity index (χ1) is 13.5. The normalized spacial score (nSPS) is 20.1. The number of nitrogens with one attached hydrogen (secondary N) is 3. The molecule has 1 aliphatic rings. The second kappa shape index (κ2) is 10.9. The van der Waals surface area contributed by atoms with Crippen LogP contribution in [0.15, 0.2) is 35.6 Å². The van der Waals surface area contributed by atoms with Gasteiger partial charge in [-0.05, 0) is 29.9 Å². The summed E-state index contributed by atoms with van der Waals surface area (Å²) in [5.41, 5.74) is 2.32. The van der Waals surface area contributed by atoms with Gasteiger partial charge in [0.25, 0.3) is 0 Å². The van der Waals surface area contributed by atoms with Crippen molar-refractivity contribution in [3.05, 3.63) is 36.2 Å². The molecule has 0 spiro atoms. The third-order valence-electron chi connectivity index (χ3n) is 5.13. The number of benzene rings is 1. The monoisotopic (exact) mass is 512 g/mol. The van der Waals surface area contributed by atoms with Crippen molar-refractivity contribution in [2.75, 3.05) is 20.2 Å². The third kappa shape index (κ3) is 6.67. The minimum Gasteiger partial charge on any atom is -0.377 e. The predicted octanol–water partition coefficient (Wildman–Crippen LogP) is 3.60. The summed E-state index contributed by atoms with van der Waals surface area (Å²) in [6.07, 6.45) is 4.10. The molecule has 2 atom stereocenters. The Hall–Kier alpha value is -1.68. The molecular formula is C21H33IN6O. The molecule has 2 aromatic rings. The first-order valence-corrected chi connectivity index (χ1v) is 9.98. The molecule has 2 heterocycles. The minimum absolute atomic E-state index is 0. The lowest BCUT2D eigenvalue weighted by Gasteiger charge is -2.40. The van der Waals surface area contributed by atoms with Crippen molar-refractivity contribution < 1.29 is 4.74 Å². The number of guanidine groups is 1. The van der Waals surface area contributed by atoms with Crippen LogP contribution in [0.3, 0.4) is 0 Å². The smallest absolute Gasteiger partial charge is 0.191 e. The Kier molecular flexibility index (Phi) is 8.88. The van der Waals surface area contributed by atoms with E-state index in [0.717, 1.165) is 42.5 Å². The van der Waals surface area contributed by atoms with Crippen LogP contribution in [0.4, 0.5) is 0 Å². The van der Waals surface area contributed by atoms with Crippen molar-refractivity contribution in [1.29, 1.82) is 0 Å². The average molecular weight is 512 g/mol. The summed E-state index contributed by atoms with van der Waals surface area (Å²) < 4.78 is 6.08. The number of aromatic amines is 1. The zero-order valence-corrected chi connectivity index (χ0v) is 20.1. The minimum atomic E-state index is 0. The molecule has 2 unspecified atom stereocenters. The second-order valence-corrected chi connectivity index (χ2v) is 8.40. The van der Waals surface area contributed by atoms with Gasteiger partial charge in [-0.2, -0.15) is 5.10 Å². The molecule has 160 valence electrons. The SMILES string of the molecule is CN=C(NCc1cccc(-c2ncn[nH]2)c1)NCC1CCCOC1C(C)(C)C.I. The van der Waals surface area contributed by atoms with Crippen LogP contribution in [0.2, 0.25) is 0 Å². The maximum atomic E-state index is 6.08. The van der Waals surface area contributed by atoms with Gasteiger partial charge < -0.3 is 15.4 Å². The summed E-state index contributed by atoms with van der Waals surface area (Å²) in [6.45, 7) is 9.18. The van der Waals surface area contributed by atoms with Crippen LogP contribution >= 0.6 is 24.0 Å². The van der Waals surface area contributed by atoms with E-state index in [4.69, 9.17) is 4.74 Å². The van der Waals surface area contributed by atoms with Crippen molar-refractivity contribution in [2.45, 2.75) is 46.3 Å². The summed E-state index contributed by atoms with van der Waals surface area (Å²) in [7, 11) is 1.80. The highest BCUT2D eigenvalue weighted by Gasteiger charge is 2.35. The van der Waals surface area contributed by atoms with E-state index in [0.29, 0.717) is 12.5 Å². The fourth-order valence-corrected chi connectivity index (χ4v) is 3.82. The molecule has 7 nitrogen and oxygen atoms in total. The molecule has 1 aromatic carbocycles. The van der Waals surface area contributed by atoms with Gasteiger partial charge in [0.15, 0.2) is 11.8 Å². The zero-order chi connectivity index (χ0) is 20.0. The van der Waals surface area contributed by atoms with Gasteiger partial charge >= 0.3 is 0 Å². The predicted molar refractivity (Wildman–Crippen MR) is 127 cm³/mol. The number of hydrogen-bond acceptors (Lipinski definition) is 4. The van der Waals surface area contributed by atoms with Crippen LogP contribution in [0.25, 0.3) is 11.4 Å². The Morgan fingerprint density at radius 1 is 1.31 bits per heavy atom. The van der Waals surface area contributed by atoms with Crippen LogP contribution in [-0.4, -0.2) is 47.4 Å². The van der Waals surface area contributed by atoms with E-state index in [-0.39, 0.29) is 35.5 Å². The van der Waals surface area contributed by atoms with Gasteiger partial charge in [-0.25, -0.2) is 4.98 Å². The van der Waals surface area contributed by atoms with Crippen molar-refractivity contribution in [3.63, 3.8) is 0 Å². The number of aromatic nitrogens is 3. The number of hydrogen-bond donors (Lipinski definition) is 3. The summed E-state index contributed by atoms with van der Waals surface area (Å²) in [5.74, 6) is 2.07. The van der Waals surface area contributed by atoms with Crippen molar-refractivity contribution in [1.82, 2.24) is 25.8 Å². The number of halogens is 1. The Bertz CT molecular complexity index is 772. The molecule has 0 amide bonds. The molecule has 3 rings (SSSR count). The lowest BCUT2D eigenvalue weighted by atomic mass is 9.78. The quantitative estimate of drug-likeness (QED) is 0.324. The Balaban J connectivity index is 0.00000300. The van der Waals surface area contributed by atoms with Gasteiger partial charge in [-0.1, -0.05) is 39.0 Å². The molecule has 3 N–H and O–H groups in total. The Morgan fingerprint density at radius 3 is 2.83 bits per heavy atom. The fourth-order valence-electron chi connectivity index (χ4n) is 3.82. The standard InChI is InChI=1S/C21H32N6O.HI/c1-21(2,3)18-17(9-6-10-28-18)13-24-20(22-4)23-12-15-7-5-8-16(11-15)19-25-14-26-27-19;/h5,7-8,11,14,17-18H,6,9-10,12-13H2,1-4H3,(H2,22,23,24)(H,25,26,27);1H. The van der Waals surface area contributed by atoms with E-state index >= 15 is 0 Å². The van der Waals surface area contributed by atoms with Gasteiger partial charge in [0.2, 0.25) is 0 Å². The molecule has 0 bridgehead atoms.